The summed E-state index contributed by atoms with van der Waals surface area (Å²) < 4.78 is 5.04. The summed E-state index contributed by atoms with van der Waals surface area (Å²) in [4.78, 5) is 39.4. The van der Waals surface area contributed by atoms with E-state index in [0.717, 1.165) is 55.0 Å². The fraction of sp³-hybridized carbons (Fsp3) is 0.240. The standard InChI is InChI=1S/C25H27N7O4/c26-23(27)30-25(35)36-16-18-2-1-3-20(12-18)21-13-28-24(29-14-21)32-10-8-31(9-11-32)15-17-4-6-19(7-5-17)22(33)34/h1-7,12-14H,8-11,15-16H2,(H,33,34)(H4,26,27,30,35). The Balaban J connectivity index is 1.31. The number of aliphatic imine (C=N–C) groups is 1. The van der Waals surface area contributed by atoms with Crippen LogP contribution in [0.25, 0.3) is 11.1 Å². The van der Waals surface area contributed by atoms with Gasteiger partial charge in [0.15, 0.2) is 5.96 Å². The normalized spacial score (nSPS) is 13.7. The van der Waals surface area contributed by atoms with Crippen LogP contribution in [-0.2, 0) is 17.9 Å². The molecule has 0 bridgehead atoms. The van der Waals surface area contributed by atoms with Crippen molar-refractivity contribution in [2.24, 2.45) is 16.5 Å². The predicted octanol–water partition coefficient (Wildman–Crippen LogP) is 2.07. The van der Waals surface area contributed by atoms with E-state index in [1.54, 1.807) is 24.5 Å². The molecule has 0 aliphatic carbocycles. The number of benzene rings is 2. The second-order valence-electron chi connectivity index (χ2n) is 8.33. The molecule has 2 heterocycles. The number of rotatable bonds is 7. The van der Waals surface area contributed by atoms with Crippen molar-refractivity contribution in [3.05, 3.63) is 77.6 Å². The molecule has 0 saturated carbocycles. The van der Waals surface area contributed by atoms with Gasteiger partial charge < -0.3 is 26.2 Å². The van der Waals surface area contributed by atoms with Gasteiger partial charge in [-0.2, -0.15) is 0 Å². The molecule has 1 fully saturated rings. The minimum absolute atomic E-state index is 0.0381. The molecule has 5 N–H and O–H groups in total. The molecule has 11 nitrogen and oxygen atoms in total. The third kappa shape index (κ3) is 6.54. The number of carboxylic acid groups (broad SMARTS) is 1. The first kappa shape index (κ1) is 24.6. The predicted molar refractivity (Wildman–Crippen MR) is 134 cm³/mol. The molecule has 1 amide bonds. The Labute approximate surface area is 208 Å². The lowest BCUT2D eigenvalue weighted by Crippen LogP contribution is -2.46. The van der Waals surface area contributed by atoms with Gasteiger partial charge in [-0.15, -0.1) is 4.99 Å². The Morgan fingerprint density at radius 3 is 2.28 bits per heavy atom. The average Bonchev–Trinajstić information content (AvgIpc) is 2.88. The zero-order chi connectivity index (χ0) is 25.5. The van der Waals surface area contributed by atoms with E-state index in [1.165, 1.54) is 0 Å². The Kier molecular flexibility index (Phi) is 7.71. The van der Waals surface area contributed by atoms with Gasteiger partial charge in [0, 0.05) is 50.7 Å². The number of anilines is 1. The monoisotopic (exact) mass is 489 g/mol. The number of aromatic nitrogens is 2. The van der Waals surface area contributed by atoms with Crippen LogP contribution in [0.15, 0.2) is 65.9 Å². The maximum atomic E-state index is 11.5. The molecule has 3 aromatic rings. The molecule has 2 aromatic carbocycles. The van der Waals surface area contributed by atoms with E-state index in [1.807, 2.05) is 36.4 Å². The van der Waals surface area contributed by atoms with E-state index in [0.29, 0.717) is 11.5 Å². The molecular formula is C25H27N7O4. The number of carboxylic acids is 1. The van der Waals surface area contributed by atoms with Gasteiger partial charge in [-0.3, -0.25) is 4.90 Å². The number of hydrogen-bond donors (Lipinski definition) is 3. The van der Waals surface area contributed by atoms with E-state index >= 15 is 0 Å². The summed E-state index contributed by atoms with van der Waals surface area (Å²) in [6.07, 6.45) is 2.72. The van der Waals surface area contributed by atoms with E-state index < -0.39 is 12.1 Å². The van der Waals surface area contributed by atoms with Gasteiger partial charge in [-0.25, -0.2) is 19.6 Å². The van der Waals surface area contributed by atoms with Crippen molar-refractivity contribution in [3.63, 3.8) is 0 Å². The number of nitrogens with zero attached hydrogens (tertiary/aromatic N) is 5. The first-order chi connectivity index (χ1) is 17.4. The lowest BCUT2D eigenvalue weighted by Gasteiger charge is -2.34. The lowest BCUT2D eigenvalue weighted by atomic mass is 10.1. The van der Waals surface area contributed by atoms with Crippen molar-refractivity contribution in [3.8, 4) is 11.1 Å². The van der Waals surface area contributed by atoms with Crippen LogP contribution in [0.1, 0.15) is 21.5 Å². The van der Waals surface area contributed by atoms with Crippen LogP contribution in [0, 0.1) is 0 Å². The van der Waals surface area contributed by atoms with Gasteiger partial charge in [-0.1, -0.05) is 30.3 Å². The second kappa shape index (κ2) is 11.3. The summed E-state index contributed by atoms with van der Waals surface area (Å²) in [7, 11) is 0. The highest BCUT2D eigenvalue weighted by molar-refractivity contribution is 5.88. The smallest absolute Gasteiger partial charge is 0.437 e. The largest absolute Gasteiger partial charge is 0.478 e. The molecule has 4 rings (SSSR count). The molecule has 36 heavy (non-hydrogen) atoms. The van der Waals surface area contributed by atoms with Crippen molar-refractivity contribution >= 4 is 24.0 Å². The number of nitrogens with two attached hydrogens (primary N) is 2. The highest BCUT2D eigenvalue weighted by atomic mass is 16.5. The number of piperazine rings is 1. The van der Waals surface area contributed by atoms with Crippen molar-refractivity contribution in [1.29, 1.82) is 0 Å². The first-order valence-electron chi connectivity index (χ1n) is 11.3. The lowest BCUT2D eigenvalue weighted by molar-refractivity contribution is 0.0696. The average molecular weight is 490 g/mol. The zero-order valence-electron chi connectivity index (χ0n) is 19.6. The zero-order valence-corrected chi connectivity index (χ0v) is 19.6. The Bertz CT molecular complexity index is 1230. The first-order valence-corrected chi connectivity index (χ1v) is 11.3. The summed E-state index contributed by atoms with van der Waals surface area (Å²) in [5.41, 5.74) is 14.2. The van der Waals surface area contributed by atoms with Gasteiger partial charge in [0.25, 0.3) is 0 Å². The van der Waals surface area contributed by atoms with Crippen LogP contribution in [-0.4, -0.2) is 64.2 Å². The molecule has 1 aromatic heterocycles. The Morgan fingerprint density at radius 1 is 0.944 bits per heavy atom. The van der Waals surface area contributed by atoms with Crippen molar-refractivity contribution in [1.82, 2.24) is 14.9 Å². The molecule has 0 radical (unpaired) electrons. The van der Waals surface area contributed by atoms with Crippen molar-refractivity contribution in [2.75, 3.05) is 31.1 Å². The molecule has 1 aliphatic rings. The second-order valence-corrected chi connectivity index (χ2v) is 8.33. The van der Waals surface area contributed by atoms with Crippen LogP contribution in [0.2, 0.25) is 0 Å². The molecular weight excluding hydrogens is 462 g/mol. The highest BCUT2D eigenvalue weighted by Gasteiger charge is 2.19. The fourth-order valence-electron chi connectivity index (χ4n) is 3.87. The van der Waals surface area contributed by atoms with Crippen LogP contribution in [0.4, 0.5) is 10.7 Å². The van der Waals surface area contributed by atoms with Gasteiger partial charge in [0.2, 0.25) is 5.95 Å². The molecule has 1 aliphatic heterocycles. The van der Waals surface area contributed by atoms with Crippen molar-refractivity contribution in [2.45, 2.75) is 13.2 Å². The Morgan fingerprint density at radius 2 is 1.64 bits per heavy atom. The van der Waals surface area contributed by atoms with E-state index in [-0.39, 0.29) is 12.6 Å². The quantitative estimate of drug-likeness (QED) is 0.331. The number of carbonyl (C=O) groups is 2. The summed E-state index contributed by atoms with van der Waals surface area (Å²) in [6.45, 7) is 4.10. The van der Waals surface area contributed by atoms with Gasteiger partial charge in [0.1, 0.15) is 6.61 Å². The molecule has 0 unspecified atom stereocenters. The Hall–Kier alpha value is -4.51. The summed E-state index contributed by atoms with van der Waals surface area (Å²) in [5.74, 6) is -0.592. The minimum atomic E-state index is -0.918. The van der Waals surface area contributed by atoms with E-state index in [4.69, 9.17) is 21.3 Å². The third-order valence-electron chi connectivity index (χ3n) is 5.74. The van der Waals surface area contributed by atoms with Crippen LogP contribution in [0.3, 0.4) is 0 Å². The van der Waals surface area contributed by atoms with Crippen LogP contribution >= 0.6 is 0 Å². The number of ether oxygens (including phenoxy) is 1. The van der Waals surface area contributed by atoms with E-state index in [2.05, 4.69) is 24.8 Å². The number of amides is 1. The van der Waals surface area contributed by atoms with Crippen LogP contribution in [0.5, 0.6) is 0 Å². The molecule has 186 valence electrons. The molecule has 1 saturated heterocycles. The summed E-state index contributed by atoms with van der Waals surface area (Å²) in [5, 5.41) is 9.04. The molecule has 11 heteroatoms. The summed E-state index contributed by atoms with van der Waals surface area (Å²) >= 11 is 0. The number of aromatic carboxylic acids is 1. The topological polar surface area (TPSA) is 160 Å². The number of hydrogen-bond acceptors (Lipinski definition) is 7. The third-order valence-corrected chi connectivity index (χ3v) is 5.74. The van der Waals surface area contributed by atoms with Crippen molar-refractivity contribution < 1.29 is 19.4 Å². The summed E-state index contributed by atoms with van der Waals surface area (Å²) in [6, 6.07) is 14.5. The minimum Gasteiger partial charge on any atom is -0.478 e. The SMILES string of the molecule is NC(N)=NC(=O)OCc1cccc(-c2cnc(N3CCN(Cc4ccc(C(=O)O)cc4)CC3)nc2)c1. The molecule has 0 atom stereocenters. The number of guanidine groups is 1. The van der Waals surface area contributed by atoms with Crippen LogP contribution < -0.4 is 16.4 Å². The molecule has 0 spiro atoms. The van der Waals surface area contributed by atoms with Gasteiger partial charge >= 0.3 is 12.1 Å². The fourth-order valence-corrected chi connectivity index (χ4v) is 3.87. The van der Waals surface area contributed by atoms with Gasteiger partial charge in [0.05, 0.1) is 5.56 Å². The highest BCUT2D eigenvalue weighted by Crippen LogP contribution is 2.21. The maximum absolute atomic E-state index is 11.5. The number of carbonyl (C=O) groups excluding carboxylic acids is 1. The van der Waals surface area contributed by atoms with E-state index in [9.17, 15) is 9.59 Å². The van der Waals surface area contributed by atoms with Gasteiger partial charge in [-0.05, 0) is 34.9 Å². The maximum Gasteiger partial charge on any atom is 0.437 e.